The number of alkyl halides is 2. The number of rotatable bonds is 5. The highest BCUT2D eigenvalue weighted by molar-refractivity contribution is 5.93. The molecule has 2 N–H and O–H groups in total. The van der Waals surface area contributed by atoms with Gasteiger partial charge in [-0.15, -0.1) is 0 Å². The van der Waals surface area contributed by atoms with E-state index in [0.717, 1.165) is 5.56 Å². The average molecular weight is 447 g/mol. The molecule has 0 spiro atoms. The predicted octanol–water partition coefficient (Wildman–Crippen LogP) is 3.03. The van der Waals surface area contributed by atoms with Crippen LogP contribution in [0.15, 0.2) is 24.4 Å². The quantitative estimate of drug-likeness (QED) is 0.734. The number of halogens is 2. The number of hydrogen-bond donors (Lipinski definition) is 2. The Morgan fingerprint density at radius 1 is 1.19 bits per heavy atom. The molecule has 2 aliphatic rings. The van der Waals surface area contributed by atoms with Crippen LogP contribution in [0.5, 0.6) is 5.88 Å². The van der Waals surface area contributed by atoms with Gasteiger partial charge in [-0.25, -0.2) is 13.8 Å². The maximum Gasteiger partial charge on any atom is 0.271 e. The van der Waals surface area contributed by atoms with Crippen LogP contribution in [-0.4, -0.2) is 64.1 Å². The molecule has 1 saturated carbocycles. The van der Waals surface area contributed by atoms with Crippen molar-refractivity contribution in [2.24, 2.45) is 5.92 Å². The highest BCUT2D eigenvalue weighted by Gasteiger charge is 2.36. The molecular weight excluding hydrogens is 420 g/mol. The Morgan fingerprint density at radius 3 is 2.59 bits per heavy atom. The number of nitrogens with zero attached hydrogens (tertiary/aromatic N) is 3. The fraction of sp³-hybridized carbons (Fsp3) is 0.545. The molecule has 0 unspecified atom stereocenters. The number of ether oxygens (including phenoxy) is 1. The van der Waals surface area contributed by atoms with E-state index in [1.807, 2.05) is 0 Å². The minimum Gasteiger partial charge on any atom is -0.481 e. The number of aromatic nitrogens is 3. The first-order valence-electron chi connectivity index (χ1n) is 10.9. The topological polar surface area (TPSA) is 100 Å². The first kappa shape index (κ1) is 22.2. The molecule has 3 heterocycles. The minimum atomic E-state index is -2.61. The van der Waals surface area contributed by atoms with Gasteiger partial charge in [0.2, 0.25) is 17.7 Å². The Bertz CT molecular complexity index is 962. The molecule has 32 heavy (non-hydrogen) atoms. The summed E-state index contributed by atoms with van der Waals surface area (Å²) in [5.41, 5.74) is 1.77. The number of carbonyl (C=O) groups is 2. The van der Waals surface area contributed by atoms with Crippen LogP contribution in [0.2, 0.25) is 0 Å². The van der Waals surface area contributed by atoms with E-state index in [9.17, 15) is 18.4 Å². The first-order valence-corrected chi connectivity index (χ1v) is 10.9. The molecule has 8 nitrogen and oxygen atoms in total. The van der Waals surface area contributed by atoms with Crippen molar-refractivity contribution in [1.29, 1.82) is 0 Å². The lowest BCUT2D eigenvalue weighted by atomic mass is 9.90. The van der Waals surface area contributed by atoms with Crippen LogP contribution >= 0.6 is 0 Å². The molecule has 0 bridgehead atoms. The molecule has 2 aromatic rings. The summed E-state index contributed by atoms with van der Waals surface area (Å²) in [6.45, 7) is 0.911. The molecule has 2 aromatic heterocycles. The summed E-state index contributed by atoms with van der Waals surface area (Å²) in [7, 11) is 1.53. The maximum atomic E-state index is 13.3. The summed E-state index contributed by atoms with van der Waals surface area (Å²) in [5, 5.41) is 9.94. The van der Waals surface area contributed by atoms with Gasteiger partial charge in [-0.05, 0) is 37.8 Å². The molecule has 0 radical (unpaired) electrons. The van der Waals surface area contributed by atoms with Gasteiger partial charge in [0.25, 0.3) is 5.91 Å². The molecule has 1 saturated heterocycles. The van der Waals surface area contributed by atoms with E-state index in [0.29, 0.717) is 56.0 Å². The lowest BCUT2D eigenvalue weighted by Crippen LogP contribution is -2.46. The monoisotopic (exact) mass is 447 g/mol. The summed E-state index contributed by atoms with van der Waals surface area (Å²) in [4.78, 5) is 31.2. The summed E-state index contributed by atoms with van der Waals surface area (Å²) in [6, 6.07) is 5.03. The van der Waals surface area contributed by atoms with Gasteiger partial charge in [0.15, 0.2) is 0 Å². The van der Waals surface area contributed by atoms with E-state index in [-0.39, 0.29) is 36.6 Å². The van der Waals surface area contributed by atoms with Gasteiger partial charge in [0, 0.05) is 55.7 Å². The fourth-order valence-electron chi connectivity index (χ4n) is 4.28. The Kier molecular flexibility index (Phi) is 6.38. The zero-order chi connectivity index (χ0) is 22.7. The van der Waals surface area contributed by atoms with Gasteiger partial charge in [-0.2, -0.15) is 5.10 Å². The second kappa shape index (κ2) is 9.22. The van der Waals surface area contributed by atoms with Gasteiger partial charge in [0.1, 0.15) is 5.69 Å². The van der Waals surface area contributed by atoms with Crippen LogP contribution < -0.4 is 10.1 Å². The van der Waals surface area contributed by atoms with Crippen LogP contribution in [0.4, 0.5) is 8.78 Å². The molecule has 2 fully saturated rings. The Balaban J connectivity index is 1.29. The molecule has 2 amide bonds. The van der Waals surface area contributed by atoms with E-state index >= 15 is 0 Å². The van der Waals surface area contributed by atoms with Crippen LogP contribution in [0.1, 0.15) is 49.0 Å². The Labute approximate surface area is 184 Å². The van der Waals surface area contributed by atoms with Gasteiger partial charge >= 0.3 is 0 Å². The van der Waals surface area contributed by atoms with Gasteiger partial charge in [0.05, 0.1) is 12.8 Å². The minimum absolute atomic E-state index is 0.0947. The van der Waals surface area contributed by atoms with Crippen molar-refractivity contribution in [3.8, 4) is 17.1 Å². The van der Waals surface area contributed by atoms with Gasteiger partial charge in [-0.3, -0.25) is 14.7 Å². The van der Waals surface area contributed by atoms with E-state index in [4.69, 9.17) is 4.74 Å². The molecule has 0 aromatic carbocycles. The molecule has 10 heteroatoms. The van der Waals surface area contributed by atoms with Crippen molar-refractivity contribution in [2.45, 2.75) is 50.5 Å². The standard InChI is InChI=1S/C22H27F2N5O3/c1-32-19-12-15(4-9-25-19)17-13-18(28-27-17)21(31)29-10-5-14(6-11-29)20(30)26-16-2-7-22(23,24)8-3-16/h4,9,12-14,16H,2-3,5-8,10-11H2,1H3,(H,26,30)(H,27,28). The van der Waals surface area contributed by atoms with Gasteiger partial charge in [-0.1, -0.05) is 0 Å². The number of aromatic amines is 1. The second-order valence-electron chi connectivity index (χ2n) is 8.46. The third kappa shape index (κ3) is 5.05. The lowest BCUT2D eigenvalue weighted by Gasteiger charge is -2.33. The SMILES string of the molecule is COc1cc(-c2cc(C(=O)N3CCC(C(=O)NC4CCC(F)(F)CC4)CC3)[nH]n2)ccn1. The summed E-state index contributed by atoms with van der Waals surface area (Å²) >= 11 is 0. The summed E-state index contributed by atoms with van der Waals surface area (Å²) < 4.78 is 31.7. The van der Waals surface area contributed by atoms with Crippen LogP contribution in [0.25, 0.3) is 11.3 Å². The zero-order valence-electron chi connectivity index (χ0n) is 17.9. The Morgan fingerprint density at radius 2 is 1.91 bits per heavy atom. The molecule has 4 rings (SSSR count). The predicted molar refractivity (Wildman–Crippen MR) is 112 cm³/mol. The van der Waals surface area contributed by atoms with Gasteiger partial charge < -0.3 is 15.0 Å². The van der Waals surface area contributed by atoms with E-state index in [2.05, 4.69) is 20.5 Å². The molecule has 1 aliphatic heterocycles. The number of piperidine rings is 1. The number of H-pyrrole nitrogens is 1. The molecule has 0 atom stereocenters. The van der Waals surface area contributed by atoms with E-state index in [1.165, 1.54) is 7.11 Å². The number of likely N-dealkylation sites (tertiary alicyclic amines) is 1. The van der Waals surface area contributed by atoms with E-state index < -0.39 is 5.92 Å². The number of pyridine rings is 1. The van der Waals surface area contributed by atoms with Crippen molar-refractivity contribution in [1.82, 2.24) is 25.4 Å². The number of carbonyl (C=O) groups excluding carboxylic acids is 2. The smallest absolute Gasteiger partial charge is 0.271 e. The normalized spacial score (nSPS) is 19.5. The fourth-order valence-corrected chi connectivity index (χ4v) is 4.28. The number of hydrogen-bond acceptors (Lipinski definition) is 5. The largest absolute Gasteiger partial charge is 0.481 e. The number of amides is 2. The van der Waals surface area contributed by atoms with Crippen molar-refractivity contribution in [3.05, 3.63) is 30.1 Å². The number of nitrogens with one attached hydrogen (secondary N) is 2. The average Bonchev–Trinajstić information content (AvgIpc) is 3.30. The van der Waals surface area contributed by atoms with Crippen LogP contribution in [0, 0.1) is 5.92 Å². The van der Waals surface area contributed by atoms with Crippen LogP contribution in [-0.2, 0) is 4.79 Å². The highest BCUT2D eigenvalue weighted by Crippen LogP contribution is 2.33. The number of methoxy groups -OCH3 is 1. The summed E-state index contributed by atoms with van der Waals surface area (Å²) in [5.74, 6) is -2.62. The van der Waals surface area contributed by atoms with E-state index in [1.54, 1.807) is 29.3 Å². The lowest BCUT2D eigenvalue weighted by molar-refractivity contribution is -0.128. The third-order valence-corrected chi connectivity index (χ3v) is 6.26. The molecule has 1 aliphatic carbocycles. The van der Waals surface area contributed by atoms with Crippen molar-refractivity contribution >= 4 is 11.8 Å². The van der Waals surface area contributed by atoms with Crippen molar-refractivity contribution in [3.63, 3.8) is 0 Å². The van der Waals surface area contributed by atoms with Crippen molar-refractivity contribution < 1.29 is 23.1 Å². The third-order valence-electron chi connectivity index (χ3n) is 6.26. The molecule has 172 valence electrons. The zero-order valence-corrected chi connectivity index (χ0v) is 17.9. The Hall–Kier alpha value is -3.04. The maximum absolute atomic E-state index is 13.3. The first-order chi connectivity index (χ1) is 15.3. The summed E-state index contributed by atoms with van der Waals surface area (Å²) in [6.07, 6.45) is 2.96. The molecular formula is C22H27F2N5O3. The second-order valence-corrected chi connectivity index (χ2v) is 8.46. The highest BCUT2D eigenvalue weighted by atomic mass is 19.3. The van der Waals surface area contributed by atoms with Crippen LogP contribution in [0.3, 0.4) is 0 Å². The van der Waals surface area contributed by atoms with Crippen molar-refractivity contribution in [2.75, 3.05) is 20.2 Å².